The third kappa shape index (κ3) is 7.55. The fraction of sp³-hybridized carbons (Fsp3) is 0.250. The Labute approximate surface area is 125 Å². The number of allylic oxidation sites excluding steroid dienone is 6. The van der Waals surface area contributed by atoms with E-state index in [1.807, 2.05) is 48.6 Å². The summed E-state index contributed by atoms with van der Waals surface area (Å²) in [6.45, 7) is 3.19. The number of aryl methyl sites for hydroxylation is 1. The van der Waals surface area contributed by atoms with Gasteiger partial charge in [-0.2, -0.15) is 17.7 Å². The number of hydrogen-bond acceptors (Lipinski definition) is 2. The van der Waals surface area contributed by atoms with E-state index in [9.17, 15) is 9.90 Å². The van der Waals surface area contributed by atoms with Crippen LogP contribution in [0.5, 0.6) is 0 Å². The summed E-state index contributed by atoms with van der Waals surface area (Å²) in [6.07, 6.45) is 8.89. The minimum absolute atomic E-state index is 0. The Morgan fingerprint density at radius 3 is 2.26 bits per heavy atom. The normalized spacial score (nSPS) is 11.6. The van der Waals surface area contributed by atoms with Gasteiger partial charge < -0.3 is 9.90 Å². The minimum Gasteiger partial charge on any atom is -0.875 e. The molecule has 0 amide bonds. The summed E-state index contributed by atoms with van der Waals surface area (Å²) in [7, 11) is 0. The minimum atomic E-state index is 0. The van der Waals surface area contributed by atoms with Crippen LogP contribution in [-0.2, 0) is 28.3 Å². The van der Waals surface area contributed by atoms with Gasteiger partial charge in [0.05, 0.1) is 0 Å². The quantitative estimate of drug-likeness (QED) is 0.489. The first-order valence-corrected chi connectivity index (χ1v) is 6.02. The molecule has 0 radical (unpaired) electrons. The molecule has 2 nitrogen and oxygen atoms in total. The van der Waals surface area contributed by atoms with Crippen molar-refractivity contribution in [3.05, 3.63) is 65.5 Å². The van der Waals surface area contributed by atoms with Gasteiger partial charge in [0, 0.05) is 6.42 Å². The molecular weight excluding hydrogens is 280 g/mol. The summed E-state index contributed by atoms with van der Waals surface area (Å²) in [5.41, 5.74) is 2.06. The Hall–Kier alpha value is -1.44. The Bertz CT molecular complexity index is 447. The summed E-state index contributed by atoms with van der Waals surface area (Å²) in [4.78, 5) is 10.5. The average Bonchev–Trinajstić information content (AvgIpc) is 3.00. The van der Waals surface area contributed by atoms with Crippen molar-refractivity contribution in [2.75, 3.05) is 0 Å². The number of ketones is 1. The summed E-state index contributed by atoms with van der Waals surface area (Å²) >= 11 is 0. The van der Waals surface area contributed by atoms with E-state index in [2.05, 4.69) is 0 Å². The van der Waals surface area contributed by atoms with Crippen LogP contribution in [0.15, 0.2) is 59.9 Å². The fourth-order valence-electron chi connectivity index (χ4n) is 1.51. The molecule has 102 valence electrons. The van der Waals surface area contributed by atoms with Crippen LogP contribution in [0.25, 0.3) is 0 Å². The maximum atomic E-state index is 10.5. The molecule has 0 fully saturated rings. The predicted octanol–water partition coefficient (Wildman–Crippen LogP) is 2.67. The second kappa shape index (κ2) is 9.48. The van der Waals surface area contributed by atoms with Gasteiger partial charge in [-0.25, -0.2) is 12.1 Å². The summed E-state index contributed by atoms with van der Waals surface area (Å²) in [5.74, 6) is 0.399. The molecule has 0 aliphatic heterocycles. The number of carbonyl (C=O) groups excluding carboxylic acids is 1. The molecule has 0 aromatic heterocycles. The molecular formula is C16H18FeO2. The molecule has 1 aliphatic rings. The number of hydrogen-bond donors (Lipinski definition) is 0. The molecule has 3 heteroatoms. The van der Waals surface area contributed by atoms with E-state index in [1.165, 1.54) is 5.56 Å². The summed E-state index contributed by atoms with van der Waals surface area (Å²) in [5, 5.41) is 10.5. The van der Waals surface area contributed by atoms with E-state index < -0.39 is 0 Å². The van der Waals surface area contributed by atoms with E-state index in [0.29, 0.717) is 6.42 Å². The molecule has 1 aliphatic carbocycles. The van der Waals surface area contributed by atoms with Gasteiger partial charge in [-0.05, 0) is 18.9 Å². The zero-order chi connectivity index (χ0) is 13.4. The molecule has 1 aromatic carbocycles. The monoisotopic (exact) mass is 298 g/mol. The largest absolute Gasteiger partial charge is 2.00 e. The number of Topliss-reactive ketones (excluding diaryl/α,β-unsaturated/α-hetero) is 1. The Kier molecular flexibility index (Phi) is 8.77. The number of carbonyl (C=O) groups is 1. The number of rotatable bonds is 3. The van der Waals surface area contributed by atoms with Crippen molar-refractivity contribution in [1.29, 1.82) is 0 Å². The maximum absolute atomic E-state index is 10.5. The third-order valence-electron chi connectivity index (χ3n) is 2.57. The van der Waals surface area contributed by atoms with Crippen molar-refractivity contribution in [3.63, 3.8) is 0 Å². The molecule has 0 saturated heterocycles. The Morgan fingerprint density at radius 2 is 1.89 bits per heavy atom. The van der Waals surface area contributed by atoms with Crippen LogP contribution in [0.1, 0.15) is 25.8 Å². The molecule has 0 unspecified atom stereocenters. The molecule has 0 bridgehead atoms. The van der Waals surface area contributed by atoms with Crippen LogP contribution in [0, 0.1) is 0 Å². The Morgan fingerprint density at radius 1 is 1.26 bits per heavy atom. The molecule has 0 spiro atoms. The summed E-state index contributed by atoms with van der Waals surface area (Å²) < 4.78 is 0. The van der Waals surface area contributed by atoms with Crippen molar-refractivity contribution >= 4 is 5.78 Å². The van der Waals surface area contributed by atoms with Gasteiger partial charge >= 0.3 is 17.1 Å². The van der Waals surface area contributed by atoms with Crippen LogP contribution < -0.4 is 5.11 Å². The van der Waals surface area contributed by atoms with Gasteiger partial charge in [0.25, 0.3) is 0 Å². The van der Waals surface area contributed by atoms with Gasteiger partial charge in [0.2, 0.25) is 0 Å². The molecule has 0 N–H and O–H groups in total. The van der Waals surface area contributed by atoms with Crippen LogP contribution in [0.4, 0.5) is 0 Å². The smallest absolute Gasteiger partial charge is 0.875 e. The average molecular weight is 298 g/mol. The first-order chi connectivity index (χ1) is 8.59. The molecule has 19 heavy (non-hydrogen) atoms. The zero-order valence-corrected chi connectivity index (χ0v) is 12.3. The van der Waals surface area contributed by atoms with Gasteiger partial charge in [-0.15, -0.1) is 5.76 Å². The maximum Gasteiger partial charge on any atom is 2.00 e. The van der Waals surface area contributed by atoms with Crippen molar-refractivity contribution < 1.29 is 27.0 Å². The van der Waals surface area contributed by atoms with Crippen LogP contribution >= 0.6 is 0 Å². The van der Waals surface area contributed by atoms with Crippen molar-refractivity contribution in [2.45, 2.75) is 26.7 Å². The Balaban J connectivity index is 0.000000331. The molecule has 0 atom stereocenters. The van der Waals surface area contributed by atoms with Gasteiger partial charge in [-0.1, -0.05) is 31.2 Å². The van der Waals surface area contributed by atoms with E-state index in [0.717, 1.165) is 12.0 Å². The van der Waals surface area contributed by atoms with Gasteiger partial charge in [0.1, 0.15) is 5.78 Å². The van der Waals surface area contributed by atoms with Crippen LogP contribution in [0.2, 0.25) is 0 Å². The fourth-order valence-corrected chi connectivity index (χ4v) is 1.51. The molecule has 2 rings (SSSR count). The predicted molar refractivity (Wildman–Crippen MR) is 72.0 cm³/mol. The molecule has 0 heterocycles. The first kappa shape index (κ1) is 17.6. The SMILES string of the molecule is CC(=O)CCc1ccc[cH-]1.CC([O-])=C1C=CC=C1.[Fe+2]. The first-order valence-electron chi connectivity index (χ1n) is 6.02. The van der Waals surface area contributed by atoms with E-state index in [1.54, 1.807) is 13.8 Å². The van der Waals surface area contributed by atoms with Crippen LogP contribution in [-0.4, -0.2) is 5.78 Å². The second-order valence-corrected chi connectivity index (χ2v) is 4.22. The van der Waals surface area contributed by atoms with Gasteiger partial charge in [-0.3, -0.25) is 0 Å². The van der Waals surface area contributed by atoms with Crippen molar-refractivity contribution in [1.82, 2.24) is 0 Å². The summed E-state index contributed by atoms with van der Waals surface area (Å²) in [6, 6.07) is 8.08. The second-order valence-electron chi connectivity index (χ2n) is 4.22. The molecule has 0 saturated carbocycles. The van der Waals surface area contributed by atoms with Crippen LogP contribution in [0.3, 0.4) is 0 Å². The van der Waals surface area contributed by atoms with Crippen molar-refractivity contribution in [2.24, 2.45) is 0 Å². The van der Waals surface area contributed by atoms with Gasteiger partial charge in [0.15, 0.2) is 0 Å². The van der Waals surface area contributed by atoms with E-state index in [4.69, 9.17) is 0 Å². The standard InChI is InChI=1S/C9H11O.C7H8O.Fe/c1-8(10)6-7-9-4-2-3-5-9;1-6(8)7-4-2-3-5-7;/h2-5H,6-7H2,1H3;2-5,8H,1H3;/q-1;;+2/p-1. The zero-order valence-electron chi connectivity index (χ0n) is 11.2. The third-order valence-corrected chi connectivity index (χ3v) is 2.57. The van der Waals surface area contributed by atoms with Crippen molar-refractivity contribution in [3.8, 4) is 0 Å². The molecule has 1 aromatic rings. The van der Waals surface area contributed by atoms with E-state index >= 15 is 0 Å². The topological polar surface area (TPSA) is 40.1 Å². The van der Waals surface area contributed by atoms with E-state index in [-0.39, 0.29) is 28.6 Å².